The molecule has 0 aliphatic heterocycles. The molecule has 0 unspecified atom stereocenters. The van der Waals surface area contributed by atoms with Crippen molar-refractivity contribution in [2.75, 3.05) is 13.6 Å². The monoisotopic (exact) mass is 289 g/mol. The topological polar surface area (TPSA) is 177 Å². The number of nitrogens with two attached hydrogens (primary N) is 3. The minimum absolute atomic E-state index is 0.0383. The lowest BCUT2D eigenvalue weighted by atomic mass is 10.1. The predicted octanol–water partition coefficient (Wildman–Crippen LogP) is -1.73. The lowest BCUT2D eigenvalue weighted by Gasteiger charge is -2.09. The van der Waals surface area contributed by atoms with Gasteiger partial charge in [0.25, 0.3) is 0 Å². The van der Waals surface area contributed by atoms with Crippen LogP contribution in [0.2, 0.25) is 0 Å². The second-order valence-corrected chi connectivity index (χ2v) is 4.59. The van der Waals surface area contributed by atoms with E-state index in [1.807, 2.05) is 0 Å². The minimum atomic E-state index is -0.868. The number of hydrogen-bond acceptors (Lipinski definition) is 5. The third kappa shape index (κ3) is 7.54. The SMILES string of the molecule is CN[C@@H](CCCN=C(N)N)C(=O)O.NC1(C(=O)O)CC1. The van der Waals surface area contributed by atoms with Crippen LogP contribution in [0.3, 0.4) is 0 Å². The Labute approximate surface area is 117 Å². The van der Waals surface area contributed by atoms with E-state index in [9.17, 15) is 9.59 Å². The summed E-state index contributed by atoms with van der Waals surface area (Å²) in [5.41, 5.74) is 14.6. The summed E-state index contributed by atoms with van der Waals surface area (Å²) in [7, 11) is 1.61. The van der Waals surface area contributed by atoms with Gasteiger partial charge in [-0.25, -0.2) is 0 Å². The molecule has 1 atom stereocenters. The maximum atomic E-state index is 10.5. The summed E-state index contributed by atoms with van der Waals surface area (Å²) in [5.74, 6) is -1.68. The Bertz CT molecular complexity index is 364. The third-order valence-electron chi connectivity index (χ3n) is 2.81. The Morgan fingerprint density at radius 2 is 1.90 bits per heavy atom. The van der Waals surface area contributed by atoms with E-state index < -0.39 is 23.5 Å². The molecule has 116 valence electrons. The van der Waals surface area contributed by atoms with Gasteiger partial charge >= 0.3 is 11.9 Å². The van der Waals surface area contributed by atoms with E-state index in [1.54, 1.807) is 7.05 Å². The standard InChI is InChI=1S/C7H16N4O2.C4H7NO2/c1-10-5(6(12)13)3-2-4-11-7(8)9;5-4(1-2-4)3(6)7/h5,10H,2-4H2,1H3,(H,12,13)(H4,8,9,11);1-2,5H2,(H,6,7)/t5-;/m0./s1. The number of carboxylic acid groups (broad SMARTS) is 2. The fourth-order valence-corrected chi connectivity index (χ4v) is 1.24. The summed E-state index contributed by atoms with van der Waals surface area (Å²) >= 11 is 0. The van der Waals surface area contributed by atoms with Crippen LogP contribution in [0.15, 0.2) is 4.99 Å². The van der Waals surface area contributed by atoms with Crippen LogP contribution in [0.5, 0.6) is 0 Å². The molecule has 1 fully saturated rings. The highest BCUT2D eigenvalue weighted by atomic mass is 16.4. The number of nitrogens with zero attached hydrogens (tertiary/aromatic N) is 1. The molecule has 20 heavy (non-hydrogen) atoms. The molecule has 1 saturated carbocycles. The van der Waals surface area contributed by atoms with Crippen LogP contribution in [0.4, 0.5) is 0 Å². The van der Waals surface area contributed by atoms with Gasteiger partial charge in [-0.1, -0.05) is 0 Å². The number of likely N-dealkylation sites (N-methyl/N-ethyl adjacent to an activating group) is 1. The van der Waals surface area contributed by atoms with Crippen molar-refractivity contribution in [2.24, 2.45) is 22.2 Å². The van der Waals surface area contributed by atoms with Crippen LogP contribution in [0, 0.1) is 0 Å². The van der Waals surface area contributed by atoms with Gasteiger partial charge < -0.3 is 32.7 Å². The molecule has 0 bridgehead atoms. The molecule has 9 nitrogen and oxygen atoms in total. The average molecular weight is 289 g/mol. The number of hydrogen-bond donors (Lipinski definition) is 6. The van der Waals surface area contributed by atoms with Crippen molar-refractivity contribution < 1.29 is 19.8 Å². The second-order valence-electron chi connectivity index (χ2n) is 4.59. The number of aliphatic carboxylic acids is 2. The Hall–Kier alpha value is -1.87. The fourth-order valence-electron chi connectivity index (χ4n) is 1.24. The summed E-state index contributed by atoms with van der Waals surface area (Å²) in [6, 6.07) is -0.519. The van der Waals surface area contributed by atoms with E-state index in [2.05, 4.69) is 10.3 Å². The lowest BCUT2D eigenvalue weighted by molar-refractivity contribution is -0.140. The van der Waals surface area contributed by atoms with Crippen LogP contribution in [0.1, 0.15) is 25.7 Å². The van der Waals surface area contributed by atoms with Gasteiger partial charge in [0.15, 0.2) is 5.96 Å². The van der Waals surface area contributed by atoms with Crippen molar-refractivity contribution in [3.05, 3.63) is 0 Å². The normalized spacial score (nSPS) is 16.3. The Morgan fingerprint density at radius 1 is 1.35 bits per heavy atom. The summed E-state index contributed by atoms with van der Waals surface area (Å²) < 4.78 is 0. The summed E-state index contributed by atoms with van der Waals surface area (Å²) in [5, 5.41) is 19.5. The fraction of sp³-hybridized carbons (Fsp3) is 0.727. The van der Waals surface area contributed by atoms with Gasteiger partial charge in [0.05, 0.1) is 0 Å². The number of rotatable bonds is 7. The maximum Gasteiger partial charge on any atom is 0.323 e. The Balaban J connectivity index is 0.000000428. The van der Waals surface area contributed by atoms with Crippen molar-refractivity contribution in [2.45, 2.75) is 37.3 Å². The quantitative estimate of drug-likeness (QED) is 0.182. The molecule has 0 radical (unpaired) electrons. The van der Waals surface area contributed by atoms with Gasteiger partial charge in [-0.15, -0.1) is 0 Å². The molecule has 1 aliphatic carbocycles. The average Bonchev–Trinajstić information content (AvgIpc) is 3.09. The van der Waals surface area contributed by atoms with Gasteiger partial charge in [0, 0.05) is 6.54 Å². The number of carboxylic acids is 2. The van der Waals surface area contributed by atoms with E-state index in [0.717, 1.165) is 0 Å². The van der Waals surface area contributed by atoms with Crippen molar-refractivity contribution in [1.29, 1.82) is 0 Å². The molecule has 0 aromatic heterocycles. The minimum Gasteiger partial charge on any atom is -0.480 e. The predicted molar refractivity (Wildman–Crippen MR) is 74.2 cm³/mol. The molecular formula is C11H23N5O4. The zero-order valence-corrected chi connectivity index (χ0v) is 11.5. The highest BCUT2D eigenvalue weighted by molar-refractivity contribution is 5.81. The van der Waals surface area contributed by atoms with Crippen LogP contribution in [-0.4, -0.2) is 53.3 Å². The van der Waals surface area contributed by atoms with Gasteiger partial charge in [-0.2, -0.15) is 0 Å². The molecule has 0 aromatic rings. The highest BCUT2D eigenvalue weighted by Gasteiger charge is 2.46. The van der Waals surface area contributed by atoms with Gasteiger partial charge in [0.1, 0.15) is 11.6 Å². The zero-order chi connectivity index (χ0) is 15.8. The number of nitrogens with one attached hydrogen (secondary N) is 1. The summed E-state index contributed by atoms with van der Waals surface area (Å²) in [4.78, 5) is 24.2. The van der Waals surface area contributed by atoms with Gasteiger partial charge in [0.2, 0.25) is 0 Å². The lowest BCUT2D eigenvalue weighted by Crippen LogP contribution is -2.33. The van der Waals surface area contributed by atoms with Crippen LogP contribution in [0.25, 0.3) is 0 Å². The van der Waals surface area contributed by atoms with Crippen molar-refractivity contribution in [3.8, 4) is 0 Å². The van der Waals surface area contributed by atoms with Gasteiger partial charge in [-0.3, -0.25) is 14.6 Å². The van der Waals surface area contributed by atoms with E-state index >= 15 is 0 Å². The molecule has 9 N–H and O–H groups in total. The molecule has 1 rings (SSSR count). The molecular weight excluding hydrogens is 266 g/mol. The second kappa shape index (κ2) is 8.33. The maximum absolute atomic E-state index is 10.5. The van der Waals surface area contributed by atoms with E-state index in [0.29, 0.717) is 32.2 Å². The molecule has 0 aromatic carbocycles. The zero-order valence-electron chi connectivity index (χ0n) is 11.5. The van der Waals surface area contributed by atoms with Crippen molar-refractivity contribution in [3.63, 3.8) is 0 Å². The summed E-state index contributed by atoms with van der Waals surface area (Å²) in [6.07, 6.45) is 2.45. The first-order valence-corrected chi connectivity index (χ1v) is 6.20. The molecule has 0 amide bonds. The van der Waals surface area contributed by atoms with Crippen LogP contribution in [-0.2, 0) is 9.59 Å². The third-order valence-corrected chi connectivity index (χ3v) is 2.81. The van der Waals surface area contributed by atoms with Crippen LogP contribution >= 0.6 is 0 Å². The smallest absolute Gasteiger partial charge is 0.323 e. The van der Waals surface area contributed by atoms with Crippen molar-refractivity contribution >= 4 is 17.9 Å². The number of aliphatic imine (C=N–C) groups is 1. The molecule has 0 spiro atoms. The highest BCUT2D eigenvalue weighted by Crippen LogP contribution is 2.31. The molecule has 0 heterocycles. The van der Waals surface area contributed by atoms with E-state index in [1.165, 1.54) is 0 Å². The molecule has 1 aliphatic rings. The van der Waals surface area contributed by atoms with E-state index in [-0.39, 0.29) is 5.96 Å². The Morgan fingerprint density at radius 3 is 2.15 bits per heavy atom. The first kappa shape index (κ1) is 18.1. The number of carbonyl (C=O) groups is 2. The largest absolute Gasteiger partial charge is 0.480 e. The first-order chi connectivity index (χ1) is 9.23. The summed E-state index contributed by atoms with van der Waals surface area (Å²) in [6.45, 7) is 0.466. The van der Waals surface area contributed by atoms with E-state index in [4.69, 9.17) is 27.4 Å². The molecule has 9 heteroatoms. The number of guanidine groups is 1. The van der Waals surface area contributed by atoms with Gasteiger partial charge in [-0.05, 0) is 32.7 Å². The van der Waals surface area contributed by atoms with Crippen LogP contribution < -0.4 is 22.5 Å². The first-order valence-electron chi connectivity index (χ1n) is 6.20. The Kier molecular flexibility index (Phi) is 7.55. The molecule has 0 saturated heterocycles. The van der Waals surface area contributed by atoms with Crippen molar-refractivity contribution in [1.82, 2.24) is 5.32 Å².